The second-order valence-electron chi connectivity index (χ2n) is 2.99. The third kappa shape index (κ3) is 1.92. The summed E-state index contributed by atoms with van der Waals surface area (Å²) in [5, 5.41) is 2.10. The molecule has 3 N–H and O–H groups in total. The summed E-state index contributed by atoms with van der Waals surface area (Å²) in [5.41, 5.74) is 2.49. The van der Waals surface area contributed by atoms with Gasteiger partial charge in [0.25, 0.3) is 0 Å². The number of nitrogens with one attached hydrogen (secondary N) is 1. The predicted octanol–water partition coefficient (Wildman–Crippen LogP) is 2.26. The van der Waals surface area contributed by atoms with E-state index in [1.165, 1.54) is 4.88 Å². The van der Waals surface area contributed by atoms with Crippen LogP contribution in [0.15, 0.2) is 11.1 Å². The summed E-state index contributed by atoms with van der Waals surface area (Å²) in [4.78, 5) is 11.0. The van der Waals surface area contributed by atoms with Gasteiger partial charge in [-0.1, -0.05) is 6.92 Å². The van der Waals surface area contributed by atoms with Gasteiger partial charge in [0, 0.05) is 10.3 Å². The quantitative estimate of drug-likeness (QED) is 0.373. The van der Waals surface area contributed by atoms with Gasteiger partial charge in [0.15, 0.2) is 0 Å². The van der Waals surface area contributed by atoms with E-state index >= 15 is 0 Å². The van der Waals surface area contributed by atoms with Gasteiger partial charge in [0.05, 0.1) is 0 Å². The number of nitrogens with zero attached hydrogens (tertiary/aromatic N) is 2. The summed E-state index contributed by atoms with van der Waals surface area (Å²) >= 11 is 3.31. The molecule has 0 atom stereocenters. The van der Waals surface area contributed by atoms with E-state index in [2.05, 4.69) is 28.4 Å². The second-order valence-corrected chi connectivity index (χ2v) is 4.90. The highest BCUT2D eigenvalue weighted by Gasteiger charge is 2.09. The number of anilines is 1. The van der Waals surface area contributed by atoms with E-state index < -0.39 is 0 Å². The topological polar surface area (TPSA) is 63.8 Å². The van der Waals surface area contributed by atoms with Crippen molar-refractivity contribution in [2.75, 3.05) is 11.7 Å². The van der Waals surface area contributed by atoms with E-state index in [1.807, 2.05) is 6.26 Å². The number of rotatable bonds is 3. The zero-order chi connectivity index (χ0) is 10.8. The summed E-state index contributed by atoms with van der Waals surface area (Å²) in [7, 11) is 0. The molecule has 15 heavy (non-hydrogen) atoms. The molecule has 2 heterocycles. The molecule has 0 bridgehead atoms. The number of aryl methyl sites for hydroxylation is 1. The molecule has 0 spiro atoms. The molecule has 2 aromatic rings. The molecular weight excluding hydrogens is 228 g/mol. The molecular formula is C9H12N4S2. The SMILES string of the molecule is CCc1cc2c(SC)nc(NN)nc2s1. The van der Waals surface area contributed by atoms with Gasteiger partial charge in [-0.2, -0.15) is 0 Å². The lowest BCUT2D eigenvalue weighted by Gasteiger charge is -2.01. The van der Waals surface area contributed by atoms with Gasteiger partial charge in [-0.05, 0) is 18.7 Å². The molecule has 2 rings (SSSR count). The lowest BCUT2D eigenvalue weighted by atomic mass is 10.3. The fourth-order valence-corrected chi connectivity index (χ4v) is 2.92. The zero-order valence-corrected chi connectivity index (χ0v) is 10.2. The summed E-state index contributed by atoms with van der Waals surface area (Å²) < 4.78 is 0. The molecule has 0 unspecified atom stereocenters. The van der Waals surface area contributed by atoms with E-state index in [1.54, 1.807) is 23.1 Å². The molecule has 0 saturated carbocycles. The number of thiophene rings is 1. The zero-order valence-electron chi connectivity index (χ0n) is 8.57. The smallest absolute Gasteiger partial charge is 0.239 e. The molecule has 80 valence electrons. The number of hydrogen-bond acceptors (Lipinski definition) is 6. The first-order chi connectivity index (χ1) is 7.28. The van der Waals surface area contributed by atoms with Gasteiger partial charge >= 0.3 is 0 Å². The minimum Gasteiger partial charge on any atom is -0.292 e. The number of nitrogen functional groups attached to an aromatic ring is 1. The van der Waals surface area contributed by atoms with Crippen LogP contribution in [0.3, 0.4) is 0 Å². The highest BCUT2D eigenvalue weighted by molar-refractivity contribution is 7.98. The van der Waals surface area contributed by atoms with Crippen molar-refractivity contribution >= 4 is 39.3 Å². The molecule has 0 amide bonds. The van der Waals surface area contributed by atoms with Crippen molar-refractivity contribution in [2.24, 2.45) is 5.84 Å². The minimum absolute atomic E-state index is 0.483. The van der Waals surface area contributed by atoms with Crippen molar-refractivity contribution in [1.29, 1.82) is 0 Å². The maximum absolute atomic E-state index is 5.32. The summed E-state index contributed by atoms with van der Waals surface area (Å²) in [5.74, 6) is 5.81. The van der Waals surface area contributed by atoms with Gasteiger partial charge in [-0.25, -0.2) is 15.8 Å². The molecule has 0 fully saturated rings. The van der Waals surface area contributed by atoms with Crippen LogP contribution in [-0.4, -0.2) is 16.2 Å². The Balaban J connectivity index is 2.66. The van der Waals surface area contributed by atoms with Gasteiger partial charge in [-0.15, -0.1) is 23.1 Å². The van der Waals surface area contributed by atoms with Crippen LogP contribution in [-0.2, 0) is 6.42 Å². The van der Waals surface area contributed by atoms with Crippen LogP contribution in [0.25, 0.3) is 10.2 Å². The number of nitrogens with two attached hydrogens (primary N) is 1. The van der Waals surface area contributed by atoms with Crippen LogP contribution >= 0.6 is 23.1 Å². The van der Waals surface area contributed by atoms with Gasteiger partial charge in [0.2, 0.25) is 5.95 Å². The fraction of sp³-hybridized carbons (Fsp3) is 0.333. The average Bonchev–Trinajstić information content (AvgIpc) is 2.70. The lowest BCUT2D eigenvalue weighted by Crippen LogP contribution is -2.10. The van der Waals surface area contributed by atoms with Crippen molar-refractivity contribution < 1.29 is 0 Å². The number of hydrogen-bond donors (Lipinski definition) is 2. The van der Waals surface area contributed by atoms with E-state index in [9.17, 15) is 0 Å². The third-order valence-electron chi connectivity index (χ3n) is 2.08. The second kappa shape index (κ2) is 4.34. The van der Waals surface area contributed by atoms with Gasteiger partial charge < -0.3 is 0 Å². The van der Waals surface area contributed by atoms with E-state index in [4.69, 9.17) is 5.84 Å². The van der Waals surface area contributed by atoms with Crippen molar-refractivity contribution in [3.05, 3.63) is 10.9 Å². The molecule has 2 aromatic heterocycles. The van der Waals surface area contributed by atoms with Gasteiger partial charge in [0.1, 0.15) is 9.86 Å². The van der Waals surface area contributed by atoms with Crippen LogP contribution in [0.5, 0.6) is 0 Å². The van der Waals surface area contributed by atoms with Crippen molar-refractivity contribution in [1.82, 2.24) is 9.97 Å². The van der Waals surface area contributed by atoms with Crippen LogP contribution in [0.4, 0.5) is 5.95 Å². The Morgan fingerprint density at radius 3 is 2.93 bits per heavy atom. The molecule has 6 heteroatoms. The first-order valence-electron chi connectivity index (χ1n) is 4.59. The average molecular weight is 240 g/mol. The van der Waals surface area contributed by atoms with Crippen molar-refractivity contribution in [2.45, 2.75) is 18.4 Å². The van der Waals surface area contributed by atoms with Crippen LogP contribution in [0, 0.1) is 0 Å². The Labute approximate surface area is 96.3 Å². The first-order valence-corrected chi connectivity index (χ1v) is 6.63. The fourth-order valence-electron chi connectivity index (χ4n) is 1.34. The Morgan fingerprint density at radius 2 is 2.33 bits per heavy atom. The summed E-state index contributed by atoms with van der Waals surface area (Å²) in [6.07, 6.45) is 3.03. The summed E-state index contributed by atoms with van der Waals surface area (Å²) in [6, 6.07) is 2.16. The van der Waals surface area contributed by atoms with Crippen LogP contribution < -0.4 is 11.3 Å². The highest BCUT2D eigenvalue weighted by Crippen LogP contribution is 2.31. The molecule has 0 aliphatic rings. The van der Waals surface area contributed by atoms with Crippen LogP contribution in [0.1, 0.15) is 11.8 Å². The number of fused-ring (bicyclic) bond motifs is 1. The maximum atomic E-state index is 5.32. The predicted molar refractivity (Wildman–Crippen MR) is 66.4 cm³/mol. The standard InChI is InChI=1S/C9H12N4S2/c1-3-5-4-6-7(14-2)11-9(13-10)12-8(6)15-5/h4H,3,10H2,1-2H3,(H,11,12,13). The van der Waals surface area contributed by atoms with Crippen molar-refractivity contribution in [3.63, 3.8) is 0 Å². The number of aromatic nitrogens is 2. The van der Waals surface area contributed by atoms with E-state index in [-0.39, 0.29) is 0 Å². The number of thioether (sulfide) groups is 1. The molecule has 0 aliphatic carbocycles. The van der Waals surface area contributed by atoms with E-state index in [0.717, 1.165) is 21.7 Å². The maximum Gasteiger partial charge on any atom is 0.239 e. The lowest BCUT2D eigenvalue weighted by molar-refractivity contribution is 1.08. The van der Waals surface area contributed by atoms with Gasteiger partial charge in [-0.3, -0.25) is 5.43 Å². The first kappa shape index (κ1) is 10.7. The Morgan fingerprint density at radius 1 is 1.53 bits per heavy atom. The largest absolute Gasteiger partial charge is 0.292 e. The Kier molecular flexibility index (Phi) is 3.08. The molecule has 4 nitrogen and oxygen atoms in total. The molecule has 0 saturated heterocycles. The third-order valence-corrected chi connectivity index (χ3v) is 3.95. The molecule has 0 aromatic carbocycles. The Bertz CT molecular complexity index is 480. The monoisotopic (exact) mass is 240 g/mol. The highest BCUT2D eigenvalue weighted by atomic mass is 32.2. The number of hydrazine groups is 1. The normalized spacial score (nSPS) is 10.9. The van der Waals surface area contributed by atoms with Crippen molar-refractivity contribution in [3.8, 4) is 0 Å². The van der Waals surface area contributed by atoms with Crippen LogP contribution in [0.2, 0.25) is 0 Å². The minimum atomic E-state index is 0.483. The molecule has 0 radical (unpaired) electrons. The Hall–Kier alpha value is -0.850. The van der Waals surface area contributed by atoms with E-state index in [0.29, 0.717) is 5.95 Å². The summed E-state index contributed by atoms with van der Waals surface area (Å²) in [6.45, 7) is 2.14. The molecule has 0 aliphatic heterocycles.